The predicted molar refractivity (Wildman–Crippen MR) is 53.0 cm³/mol. The summed E-state index contributed by atoms with van der Waals surface area (Å²) in [5.74, 6) is 0. The molecule has 84 valence electrons. The molecule has 1 aliphatic carbocycles. The van der Waals surface area contributed by atoms with Crippen molar-refractivity contribution in [3.05, 3.63) is 12.3 Å². The Morgan fingerprint density at radius 1 is 1.53 bits per heavy atom. The number of aromatic nitrogens is 2. The summed E-state index contributed by atoms with van der Waals surface area (Å²) in [5.41, 5.74) is 0. The summed E-state index contributed by atoms with van der Waals surface area (Å²) in [5, 5.41) is 3.70. The maximum absolute atomic E-state index is 13.4. The van der Waals surface area contributed by atoms with Gasteiger partial charge in [-0.3, -0.25) is 0 Å². The van der Waals surface area contributed by atoms with E-state index in [1.165, 1.54) is 16.9 Å². The van der Waals surface area contributed by atoms with Crippen molar-refractivity contribution in [2.24, 2.45) is 0 Å². The lowest BCUT2D eigenvalue weighted by Gasteiger charge is -2.15. The van der Waals surface area contributed by atoms with Crippen molar-refractivity contribution in [2.45, 2.75) is 36.5 Å². The van der Waals surface area contributed by atoms with E-state index >= 15 is 0 Å². The van der Waals surface area contributed by atoms with E-state index in [-0.39, 0.29) is 5.03 Å². The first kappa shape index (κ1) is 10.9. The average molecular weight is 253 g/mol. The van der Waals surface area contributed by atoms with Crippen LogP contribution in [0.25, 0.3) is 0 Å². The van der Waals surface area contributed by atoms with Gasteiger partial charge in [0.1, 0.15) is 6.17 Å². The second kappa shape index (κ2) is 3.75. The average Bonchev–Trinajstić information content (AvgIpc) is 2.69. The smallest absolute Gasteiger partial charge is 0.247 e. The molecule has 0 bridgehead atoms. The van der Waals surface area contributed by atoms with Crippen LogP contribution in [0.5, 0.6) is 0 Å². The van der Waals surface area contributed by atoms with Crippen molar-refractivity contribution in [1.29, 1.82) is 0 Å². The first-order valence-corrected chi connectivity index (χ1v) is 6.93. The summed E-state index contributed by atoms with van der Waals surface area (Å²) < 4.78 is 36.9. The van der Waals surface area contributed by atoms with Crippen LogP contribution < -0.4 is 0 Å². The molecule has 1 aliphatic rings. The van der Waals surface area contributed by atoms with Gasteiger partial charge in [0.25, 0.3) is 9.05 Å². The molecule has 0 amide bonds. The van der Waals surface area contributed by atoms with Crippen molar-refractivity contribution >= 4 is 19.7 Å². The van der Waals surface area contributed by atoms with Crippen LogP contribution in [0.15, 0.2) is 17.3 Å². The Kier molecular flexibility index (Phi) is 2.72. The van der Waals surface area contributed by atoms with Crippen molar-refractivity contribution in [1.82, 2.24) is 9.78 Å². The van der Waals surface area contributed by atoms with E-state index in [1.807, 2.05) is 0 Å². The van der Waals surface area contributed by atoms with Gasteiger partial charge < -0.3 is 0 Å². The van der Waals surface area contributed by atoms with Gasteiger partial charge in [-0.05, 0) is 25.3 Å². The minimum atomic E-state index is -3.84. The molecule has 0 radical (unpaired) electrons. The van der Waals surface area contributed by atoms with Crippen LogP contribution in [0, 0.1) is 0 Å². The lowest BCUT2D eigenvalue weighted by molar-refractivity contribution is 0.240. The summed E-state index contributed by atoms with van der Waals surface area (Å²) in [7, 11) is 1.38. The number of rotatable bonds is 2. The molecule has 2 unspecified atom stereocenters. The van der Waals surface area contributed by atoms with Crippen molar-refractivity contribution < 1.29 is 12.8 Å². The van der Waals surface area contributed by atoms with Crippen LogP contribution in [-0.2, 0) is 9.05 Å². The maximum atomic E-state index is 13.4. The fourth-order valence-electron chi connectivity index (χ4n) is 1.91. The summed E-state index contributed by atoms with van der Waals surface area (Å²) in [6.45, 7) is 0. The topological polar surface area (TPSA) is 52.0 Å². The van der Waals surface area contributed by atoms with Gasteiger partial charge >= 0.3 is 0 Å². The Labute approximate surface area is 91.5 Å². The molecule has 2 rings (SSSR count). The highest BCUT2D eigenvalue weighted by Gasteiger charge is 2.32. The highest BCUT2D eigenvalue weighted by molar-refractivity contribution is 8.13. The van der Waals surface area contributed by atoms with Crippen molar-refractivity contribution in [3.8, 4) is 0 Å². The Morgan fingerprint density at radius 3 is 2.80 bits per heavy atom. The number of halogens is 2. The maximum Gasteiger partial charge on any atom is 0.278 e. The molecule has 0 aliphatic heterocycles. The van der Waals surface area contributed by atoms with Gasteiger partial charge in [-0.25, -0.2) is 17.5 Å². The first-order chi connectivity index (χ1) is 7.00. The monoisotopic (exact) mass is 252 g/mol. The quantitative estimate of drug-likeness (QED) is 0.755. The van der Waals surface area contributed by atoms with Gasteiger partial charge in [-0.1, -0.05) is 0 Å². The molecule has 4 nitrogen and oxygen atoms in total. The standard InChI is InChI=1S/C8H10ClFN2O2S/c9-15(13,14)8-4-5-11-12(8)7-3-1-2-6(7)10/h4-7H,1-3H2. The number of hydrogen-bond donors (Lipinski definition) is 0. The Balaban J connectivity index is 2.41. The minimum Gasteiger partial charge on any atom is -0.247 e. The van der Waals surface area contributed by atoms with E-state index in [4.69, 9.17) is 10.7 Å². The van der Waals surface area contributed by atoms with Gasteiger partial charge in [0.05, 0.1) is 12.2 Å². The number of hydrogen-bond acceptors (Lipinski definition) is 3. The van der Waals surface area contributed by atoms with Gasteiger partial charge in [0.2, 0.25) is 0 Å². The van der Waals surface area contributed by atoms with E-state index in [9.17, 15) is 12.8 Å². The van der Waals surface area contributed by atoms with E-state index < -0.39 is 21.3 Å². The molecule has 7 heteroatoms. The van der Waals surface area contributed by atoms with E-state index in [0.29, 0.717) is 12.8 Å². The van der Waals surface area contributed by atoms with Crippen LogP contribution in [0.3, 0.4) is 0 Å². The molecule has 1 aromatic heterocycles. The third kappa shape index (κ3) is 2.01. The predicted octanol–water partition coefficient (Wildman–Crippen LogP) is 1.87. The lowest BCUT2D eigenvalue weighted by atomic mass is 10.2. The second-order valence-corrected chi connectivity index (χ2v) is 6.08. The van der Waals surface area contributed by atoms with Crippen LogP contribution in [0.4, 0.5) is 4.39 Å². The Morgan fingerprint density at radius 2 is 2.27 bits per heavy atom. The van der Waals surface area contributed by atoms with Gasteiger partial charge in [0.15, 0.2) is 5.03 Å². The fourth-order valence-corrected chi connectivity index (χ4v) is 2.91. The summed E-state index contributed by atoms with van der Waals surface area (Å²) in [6.07, 6.45) is 2.07. The zero-order chi connectivity index (χ0) is 11.1. The molecule has 0 saturated heterocycles. The van der Waals surface area contributed by atoms with Crippen LogP contribution in [0.2, 0.25) is 0 Å². The van der Waals surface area contributed by atoms with E-state index in [2.05, 4.69) is 5.10 Å². The molecule has 1 aromatic rings. The summed E-state index contributed by atoms with van der Waals surface area (Å²) in [6, 6.07) is 0.788. The van der Waals surface area contributed by atoms with Crippen LogP contribution in [0.1, 0.15) is 25.3 Å². The van der Waals surface area contributed by atoms with E-state index in [1.54, 1.807) is 0 Å². The van der Waals surface area contributed by atoms with E-state index in [0.717, 1.165) is 6.42 Å². The van der Waals surface area contributed by atoms with Crippen molar-refractivity contribution in [3.63, 3.8) is 0 Å². The highest BCUT2D eigenvalue weighted by atomic mass is 35.7. The van der Waals surface area contributed by atoms with Gasteiger partial charge in [0, 0.05) is 10.7 Å². The first-order valence-electron chi connectivity index (χ1n) is 4.62. The number of alkyl halides is 1. The third-order valence-corrected chi connectivity index (χ3v) is 3.89. The van der Waals surface area contributed by atoms with Crippen LogP contribution >= 0.6 is 10.7 Å². The molecular weight excluding hydrogens is 243 g/mol. The molecule has 0 N–H and O–H groups in total. The molecule has 0 spiro atoms. The van der Waals surface area contributed by atoms with Gasteiger partial charge in [-0.15, -0.1) is 0 Å². The molecule has 1 saturated carbocycles. The highest BCUT2D eigenvalue weighted by Crippen LogP contribution is 2.34. The minimum absolute atomic E-state index is 0.126. The van der Waals surface area contributed by atoms with Gasteiger partial charge in [-0.2, -0.15) is 5.10 Å². The second-order valence-electron chi connectivity index (χ2n) is 3.57. The zero-order valence-electron chi connectivity index (χ0n) is 7.81. The summed E-state index contributed by atoms with van der Waals surface area (Å²) in [4.78, 5) is 0. The molecule has 1 heterocycles. The van der Waals surface area contributed by atoms with Crippen molar-refractivity contribution in [2.75, 3.05) is 0 Å². The normalized spacial score (nSPS) is 27.1. The molecule has 0 aromatic carbocycles. The Hall–Kier alpha value is -0.620. The zero-order valence-corrected chi connectivity index (χ0v) is 9.38. The Bertz CT molecular complexity index is 459. The molecule has 1 fully saturated rings. The summed E-state index contributed by atoms with van der Waals surface area (Å²) >= 11 is 0. The van der Waals surface area contributed by atoms with Crippen LogP contribution in [-0.4, -0.2) is 24.4 Å². The largest absolute Gasteiger partial charge is 0.278 e. The number of nitrogens with zero attached hydrogens (tertiary/aromatic N) is 2. The molecular formula is C8H10ClFN2O2S. The molecule has 15 heavy (non-hydrogen) atoms. The molecule has 2 atom stereocenters. The third-order valence-electron chi connectivity index (χ3n) is 2.60. The fraction of sp³-hybridized carbons (Fsp3) is 0.625. The lowest BCUT2D eigenvalue weighted by Crippen LogP contribution is -2.19. The SMILES string of the molecule is O=S(=O)(Cl)c1ccnn1C1CCCC1F.